The van der Waals surface area contributed by atoms with E-state index in [4.69, 9.17) is 56.2 Å². The highest BCUT2D eigenvalue weighted by Crippen LogP contribution is 2.59. The largest absolute Gasteiger partial charge is 0.488 e. The molecule has 56 heavy (non-hydrogen) atoms. The first-order chi connectivity index (χ1) is 27.2. The summed E-state index contributed by atoms with van der Waals surface area (Å²) in [5.74, 6) is -6.01. The summed E-state index contributed by atoms with van der Waals surface area (Å²) < 4.78 is 92.7. The third-order valence-corrected chi connectivity index (χ3v) is 9.94. The van der Waals surface area contributed by atoms with Crippen molar-refractivity contribution in [1.29, 1.82) is 0 Å². The van der Waals surface area contributed by atoms with Crippen molar-refractivity contribution in [3.05, 3.63) is 0 Å². The van der Waals surface area contributed by atoms with E-state index in [1.54, 1.807) is 0 Å². The normalized spacial score (nSPS) is 12.9. The van der Waals surface area contributed by atoms with Crippen LogP contribution in [0, 0.1) is 0 Å². The van der Waals surface area contributed by atoms with E-state index in [1.165, 1.54) is 0 Å². The predicted octanol–water partition coefficient (Wildman–Crippen LogP) is 11.5. The van der Waals surface area contributed by atoms with Gasteiger partial charge in [-0.25, -0.2) is 18.1 Å². The van der Waals surface area contributed by atoms with E-state index < -0.39 is 25.7 Å². The highest BCUT2D eigenvalue weighted by Gasteiger charge is 2.55. The topological polar surface area (TPSA) is 128 Å². The van der Waals surface area contributed by atoms with Crippen LogP contribution >= 0.6 is 7.82 Å². The Morgan fingerprint density at radius 1 is 0.304 bits per heavy atom. The molecule has 338 valence electrons. The Morgan fingerprint density at radius 3 is 0.661 bits per heavy atom. The molecule has 0 radical (unpaired) electrons. The summed E-state index contributed by atoms with van der Waals surface area (Å²) in [6.07, 6.45) is 14.3. The molecule has 0 saturated heterocycles. The van der Waals surface area contributed by atoms with Gasteiger partial charge in [0, 0.05) is 19.8 Å². The highest BCUT2D eigenvalue weighted by molar-refractivity contribution is 7.48. The van der Waals surface area contributed by atoms with Gasteiger partial charge in [-0.3, -0.25) is 0 Å². The average Bonchev–Trinajstić information content (AvgIpc) is 3.17. The Morgan fingerprint density at radius 2 is 0.482 bits per heavy atom. The van der Waals surface area contributed by atoms with Crippen LogP contribution in [0.2, 0.25) is 0 Å². The van der Waals surface area contributed by atoms with Gasteiger partial charge in [-0.05, 0) is 57.8 Å². The van der Waals surface area contributed by atoms with Crippen molar-refractivity contribution in [3.8, 4) is 0 Å². The summed E-state index contributed by atoms with van der Waals surface area (Å²) in [4.78, 5) is 0. The summed E-state index contributed by atoms with van der Waals surface area (Å²) in [6, 6.07) is 0. The number of hydrogen-bond acceptors (Lipinski definition) is 13. The van der Waals surface area contributed by atoms with Gasteiger partial charge < -0.3 is 42.6 Å². The van der Waals surface area contributed by atoms with Crippen molar-refractivity contribution >= 4 is 7.82 Å². The Bertz CT molecular complexity index is 757. The first-order valence-electron chi connectivity index (χ1n) is 22.5. The maximum Gasteiger partial charge on any atom is 0.488 e. The van der Waals surface area contributed by atoms with Crippen LogP contribution in [0.1, 0.15) is 178 Å². The fraction of sp³-hybridized carbons (Fsp3) is 1.00. The summed E-state index contributed by atoms with van der Waals surface area (Å²) in [5, 5.41) is 0. The second-order valence-electron chi connectivity index (χ2n) is 14.2. The molecule has 0 aliphatic heterocycles. The molecular weight excluding hydrogens is 743 g/mol. The summed E-state index contributed by atoms with van der Waals surface area (Å²) >= 11 is 0. The summed E-state index contributed by atoms with van der Waals surface area (Å²) in [6.45, 7) is 20.6. The first kappa shape index (κ1) is 55.8. The van der Waals surface area contributed by atoms with Gasteiger partial charge in [-0.2, -0.15) is 0 Å². The van der Waals surface area contributed by atoms with E-state index in [0.29, 0.717) is 58.3 Å². The minimum absolute atomic E-state index is 0.210. The molecule has 0 unspecified atom stereocenters. The van der Waals surface area contributed by atoms with Gasteiger partial charge in [-0.15, -0.1) is 0 Å². The molecule has 0 aromatic carbocycles. The van der Waals surface area contributed by atoms with Crippen LogP contribution in [0.5, 0.6) is 0 Å². The van der Waals surface area contributed by atoms with Crippen LogP contribution in [0.4, 0.5) is 0 Å². The van der Waals surface area contributed by atoms with Gasteiger partial charge in [0.25, 0.3) is 0 Å². The number of unbranched alkanes of at least 4 members (excludes halogenated alkanes) is 9. The van der Waals surface area contributed by atoms with Crippen molar-refractivity contribution < 1.29 is 60.8 Å². The molecule has 0 aromatic heterocycles. The van der Waals surface area contributed by atoms with Crippen LogP contribution in [-0.2, 0) is 60.8 Å². The molecule has 0 rings (SSSR count). The molecule has 0 bridgehead atoms. The zero-order chi connectivity index (χ0) is 41.7. The minimum Gasteiger partial charge on any atom is -0.373 e. The van der Waals surface area contributed by atoms with Crippen molar-refractivity contribution in [2.75, 3.05) is 79.3 Å². The molecule has 0 saturated carbocycles. The van der Waals surface area contributed by atoms with Crippen LogP contribution in [0.25, 0.3) is 0 Å². The molecule has 0 fully saturated rings. The maximum absolute atomic E-state index is 16.0. The van der Waals surface area contributed by atoms with Crippen molar-refractivity contribution in [2.24, 2.45) is 0 Å². The molecule has 0 aromatic rings. The molecule has 13 nitrogen and oxygen atoms in total. The summed E-state index contributed by atoms with van der Waals surface area (Å²) in [5.41, 5.74) is 0. The fourth-order valence-electron chi connectivity index (χ4n) is 4.74. The second kappa shape index (κ2) is 36.6. The molecule has 0 aliphatic carbocycles. The maximum atomic E-state index is 16.0. The van der Waals surface area contributed by atoms with Crippen LogP contribution in [-0.4, -0.2) is 97.2 Å². The quantitative estimate of drug-likeness (QED) is 0.0328. The van der Waals surface area contributed by atoms with Gasteiger partial charge in [0.05, 0.1) is 39.6 Å². The number of phosphoric acid groups is 1. The lowest BCUT2D eigenvalue weighted by molar-refractivity contribution is -0.409. The number of ether oxygens (including phenoxy) is 9. The number of phosphoric ester groups is 1. The first-order valence-corrected chi connectivity index (χ1v) is 23.9. The van der Waals surface area contributed by atoms with Crippen LogP contribution < -0.4 is 0 Å². The number of rotatable bonds is 45. The van der Waals surface area contributed by atoms with Crippen LogP contribution in [0.15, 0.2) is 0 Å². The lowest BCUT2D eigenvalue weighted by Gasteiger charge is -2.41. The minimum atomic E-state index is -5.03. The molecule has 0 heterocycles. The van der Waals surface area contributed by atoms with E-state index in [1.807, 2.05) is 0 Å². The third-order valence-electron chi connectivity index (χ3n) is 8.44. The van der Waals surface area contributed by atoms with Gasteiger partial charge in [0.1, 0.15) is 19.8 Å². The zero-order valence-electron chi connectivity index (χ0n) is 37.5. The van der Waals surface area contributed by atoms with E-state index in [2.05, 4.69) is 62.3 Å². The smallest absolute Gasteiger partial charge is 0.373 e. The molecular formula is C42H87O13P. The Hall–Kier alpha value is -0.250. The predicted molar refractivity (Wildman–Crippen MR) is 221 cm³/mol. The standard InChI is InChI=1S/C42H87O13P/c1-10-19-28-44-37-40(47-31-22-13-4,48-32-23-14-5)53-56(43,54-41(49-33-24-15-6,50-34-25-16-7)38-45-29-20-11-2)55-42(51-35-26-17-8,52-36-27-18-9)39-46-30-21-12-3/h10-39H2,1-9H3. The zero-order valence-corrected chi connectivity index (χ0v) is 38.4. The van der Waals surface area contributed by atoms with Crippen molar-refractivity contribution in [3.63, 3.8) is 0 Å². The Balaban J connectivity index is 7.75. The number of hydrogen-bond donors (Lipinski definition) is 0. The van der Waals surface area contributed by atoms with Crippen molar-refractivity contribution in [2.45, 2.75) is 196 Å². The molecule has 0 atom stereocenters. The lowest BCUT2D eigenvalue weighted by Crippen LogP contribution is -2.50. The van der Waals surface area contributed by atoms with Crippen LogP contribution in [0.3, 0.4) is 0 Å². The SMILES string of the molecule is CCCCOCC(OCCCC)(OCCCC)OP(=O)(OC(COCCCC)(OCCCC)OCCCC)OC(COCCCC)(OCCCC)OCCCC. The Labute approximate surface area is 343 Å². The second-order valence-corrected chi connectivity index (χ2v) is 15.6. The molecule has 0 aliphatic rings. The van der Waals surface area contributed by atoms with E-state index in [-0.39, 0.29) is 59.5 Å². The molecule has 14 heteroatoms. The molecule has 0 N–H and O–H groups in total. The van der Waals surface area contributed by atoms with Gasteiger partial charge >= 0.3 is 25.7 Å². The highest BCUT2D eigenvalue weighted by atomic mass is 31.2. The van der Waals surface area contributed by atoms with Gasteiger partial charge in [-0.1, -0.05) is 120 Å². The third kappa shape index (κ3) is 26.8. The fourth-order valence-corrected chi connectivity index (χ4v) is 6.35. The van der Waals surface area contributed by atoms with E-state index in [9.17, 15) is 0 Å². The van der Waals surface area contributed by atoms with Gasteiger partial charge in [0.2, 0.25) is 0 Å². The lowest BCUT2D eigenvalue weighted by atomic mass is 10.3. The molecule has 0 amide bonds. The van der Waals surface area contributed by atoms with Crippen molar-refractivity contribution in [1.82, 2.24) is 0 Å². The van der Waals surface area contributed by atoms with E-state index in [0.717, 1.165) is 77.0 Å². The Kier molecular flexibility index (Phi) is 36.4. The summed E-state index contributed by atoms with van der Waals surface area (Å²) in [7, 11) is -5.03. The average molecular weight is 831 g/mol. The monoisotopic (exact) mass is 831 g/mol. The van der Waals surface area contributed by atoms with E-state index >= 15 is 4.57 Å². The van der Waals surface area contributed by atoms with Gasteiger partial charge in [0.15, 0.2) is 0 Å². The molecule has 0 spiro atoms.